The number of nitrogens with zero attached hydrogens (tertiary/aromatic N) is 2. The van der Waals surface area contributed by atoms with Crippen LogP contribution in [0.15, 0.2) is 42.6 Å². The Labute approximate surface area is 227 Å². The van der Waals surface area contributed by atoms with Gasteiger partial charge in [-0.3, -0.25) is 14.4 Å². The second-order valence-electron chi connectivity index (χ2n) is 10.5. The number of hydrogen-bond acceptors (Lipinski definition) is 4. The summed E-state index contributed by atoms with van der Waals surface area (Å²) in [6, 6.07) is 9.26. The number of ether oxygens (including phenoxy) is 1. The molecule has 2 fully saturated rings. The fourth-order valence-electron chi connectivity index (χ4n) is 5.22. The van der Waals surface area contributed by atoms with Gasteiger partial charge in [0.25, 0.3) is 0 Å². The van der Waals surface area contributed by atoms with E-state index in [1.54, 1.807) is 35.9 Å². The van der Waals surface area contributed by atoms with E-state index in [0.29, 0.717) is 53.3 Å². The lowest BCUT2D eigenvalue weighted by atomic mass is 10.1. The molecular weight excluding hydrogens is 497 g/mol. The van der Waals surface area contributed by atoms with Crippen molar-refractivity contribution >= 4 is 28.5 Å². The Morgan fingerprint density at radius 1 is 1.15 bits per heavy atom. The number of hydrogen-bond donors (Lipinski definition) is 1. The molecule has 1 N–H and O–H groups in total. The number of fused-ring (bicyclic) bond motifs is 1. The van der Waals surface area contributed by atoms with Crippen molar-refractivity contribution in [3.63, 3.8) is 0 Å². The maximum Gasteiger partial charge on any atom is 0.244 e. The zero-order valence-corrected chi connectivity index (χ0v) is 22.2. The van der Waals surface area contributed by atoms with Crippen LogP contribution in [-0.2, 0) is 22.7 Å². The van der Waals surface area contributed by atoms with E-state index in [1.165, 1.54) is 24.7 Å². The van der Waals surface area contributed by atoms with Crippen molar-refractivity contribution in [1.82, 2.24) is 14.8 Å². The third kappa shape index (κ3) is 5.53. The van der Waals surface area contributed by atoms with Crippen LogP contribution in [0.1, 0.15) is 54.1 Å². The van der Waals surface area contributed by atoms with Crippen molar-refractivity contribution in [3.8, 4) is 18.1 Å². The lowest BCUT2D eigenvalue weighted by Gasteiger charge is -2.27. The summed E-state index contributed by atoms with van der Waals surface area (Å²) in [6.07, 6.45) is 10.7. The normalized spacial score (nSPS) is 18.7. The summed E-state index contributed by atoms with van der Waals surface area (Å²) in [5.41, 5.74) is 2.09. The summed E-state index contributed by atoms with van der Waals surface area (Å²) in [6.45, 7) is 3.72. The second-order valence-corrected chi connectivity index (χ2v) is 10.5. The summed E-state index contributed by atoms with van der Waals surface area (Å²) in [5, 5.41) is 3.51. The summed E-state index contributed by atoms with van der Waals surface area (Å²) < 4.78 is 22.1. The van der Waals surface area contributed by atoms with Gasteiger partial charge in [-0.15, -0.1) is 6.42 Å². The van der Waals surface area contributed by atoms with Crippen LogP contribution in [0.5, 0.6) is 5.75 Å². The molecule has 0 spiro atoms. The van der Waals surface area contributed by atoms with Crippen molar-refractivity contribution in [3.05, 3.63) is 65.1 Å². The Morgan fingerprint density at radius 3 is 2.67 bits per heavy atom. The third-order valence-corrected chi connectivity index (χ3v) is 7.61. The molecule has 2 atom stereocenters. The van der Waals surface area contributed by atoms with E-state index in [9.17, 15) is 18.8 Å². The Bertz CT molecular complexity index is 1480. The molecule has 0 bridgehead atoms. The monoisotopic (exact) mass is 529 g/mol. The first-order chi connectivity index (χ1) is 18.8. The SMILES string of the molecule is C#C[C@@H]1CC[C@@H](C(=O)NCc2cccc(C)c2F)N1C(=O)Cn1cc(C(C)=O)c2ccc(OCC3CC3)cc21. The third-order valence-electron chi connectivity index (χ3n) is 7.61. The Kier molecular flexibility index (Phi) is 7.42. The molecule has 1 aliphatic heterocycles. The highest BCUT2D eigenvalue weighted by atomic mass is 19.1. The first-order valence-corrected chi connectivity index (χ1v) is 13.3. The van der Waals surface area contributed by atoms with Crippen LogP contribution in [0.4, 0.5) is 4.39 Å². The highest BCUT2D eigenvalue weighted by Gasteiger charge is 2.40. The predicted molar refractivity (Wildman–Crippen MR) is 146 cm³/mol. The van der Waals surface area contributed by atoms with Gasteiger partial charge in [-0.2, -0.15) is 0 Å². The molecule has 202 valence electrons. The number of amides is 2. The molecule has 1 saturated heterocycles. The van der Waals surface area contributed by atoms with Gasteiger partial charge >= 0.3 is 0 Å². The van der Waals surface area contributed by atoms with E-state index >= 15 is 0 Å². The van der Waals surface area contributed by atoms with E-state index in [2.05, 4.69) is 11.2 Å². The van der Waals surface area contributed by atoms with Crippen molar-refractivity contribution in [2.45, 2.75) is 64.7 Å². The van der Waals surface area contributed by atoms with Gasteiger partial charge in [-0.25, -0.2) is 4.39 Å². The summed E-state index contributed by atoms with van der Waals surface area (Å²) >= 11 is 0. The summed E-state index contributed by atoms with van der Waals surface area (Å²) in [7, 11) is 0. The smallest absolute Gasteiger partial charge is 0.244 e. The second kappa shape index (κ2) is 10.9. The van der Waals surface area contributed by atoms with Crippen LogP contribution in [0.3, 0.4) is 0 Å². The molecule has 2 aliphatic rings. The van der Waals surface area contributed by atoms with Crippen LogP contribution in [-0.4, -0.2) is 45.8 Å². The largest absolute Gasteiger partial charge is 0.493 e. The molecule has 0 unspecified atom stereocenters. The molecule has 1 saturated carbocycles. The van der Waals surface area contributed by atoms with Crippen LogP contribution >= 0.6 is 0 Å². The molecule has 8 heteroatoms. The average molecular weight is 530 g/mol. The number of nitrogens with one attached hydrogen (secondary N) is 1. The van der Waals surface area contributed by atoms with Gasteiger partial charge in [0.05, 0.1) is 18.2 Å². The predicted octanol–water partition coefficient (Wildman–Crippen LogP) is 4.39. The van der Waals surface area contributed by atoms with Crippen LogP contribution in [0, 0.1) is 31.0 Å². The van der Waals surface area contributed by atoms with Crippen LogP contribution < -0.4 is 10.1 Å². The van der Waals surface area contributed by atoms with E-state index in [-0.39, 0.29) is 36.5 Å². The van der Waals surface area contributed by atoms with Crippen molar-refractivity contribution < 1.29 is 23.5 Å². The minimum atomic E-state index is -0.766. The van der Waals surface area contributed by atoms with Crippen molar-refractivity contribution in [1.29, 1.82) is 0 Å². The minimum Gasteiger partial charge on any atom is -0.493 e. The molecule has 7 nitrogen and oxygen atoms in total. The molecule has 0 radical (unpaired) electrons. The number of terminal acetylenes is 1. The maximum atomic E-state index is 14.4. The Hall–Kier alpha value is -4.12. The fraction of sp³-hybridized carbons (Fsp3) is 0.387. The number of ketones is 1. The van der Waals surface area contributed by atoms with Crippen LogP contribution in [0.2, 0.25) is 0 Å². The van der Waals surface area contributed by atoms with E-state index in [4.69, 9.17) is 11.2 Å². The van der Waals surface area contributed by atoms with E-state index in [0.717, 1.165) is 5.39 Å². The molecule has 1 aliphatic carbocycles. The number of rotatable bonds is 9. The topological polar surface area (TPSA) is 80.6 Å². The molecule has 2 amide bonds. The van der Waals surface area contributed by atoms with Gasteiger partial charge < -0.3 is 19.5 Å². The van der Waals surface area contributed by atoms with Gasteiger partial charge in [0, 0.05) is 35.3 Å². The highest BCUT2D eigenvalue weighted by molar-refractivity contribution is 6.07. The zero-order valence-electron chi connectivity index (χ0n) is 22.2. The van der Waals surface area contributed by atoms with E-state index < -0.39 is 12.1 Å². The standard InChI is InChI=1S/C31H32FN3O4/c1-4-23-10-13-27(31(38)33-15-22-7-5-6-19(2)30(22)32)35(23)29(37)17-34-16-26(20(3)36)25-12-11-24(14-28(25)34)39-18-21-8-9-21/h1,5-7,11-12,14,16,21,23,27H,8-10,13,15,17-18H2,2-3H3,(H,33,38)/t23-,27+/m1/s1. The van der Waals surface area contributed by atoms with Gasteiger partial charge in [0.1, 0.15) is 24.2 Å². The average Bonchev–Trinajstić information content (AvgIpc) is 3.54. The van der Waals surface area contributed by atoms with Crippen LogP contribution in [0.25, 0.3) is 10.9 Å². The lowest BCUT2D eigenvalue weighted by Crippen LogP contribution is -2.49. The highest BCUT2D eigenvalue weighted by Crippen LogP contribution is 2.32. The quantitative estimate of drug-likeness (QED) is 0.329. The first kappa shape index (κ1) is 26.5. The number of halogens is 1. The zero-order chi connectivity index (χ0) is 27.7. The number of aromatic nitrogens is 1. The number of likely N-dealkylation sites (tertiary alicyclic amines) is 1. The molecule has 1 aromatic heterocycles. The van der Waals surface area contributed by atoms with Gasteiger partial charge in [0.15, 0.2) is 5.78 Å². The number of Topliss-reactive ketones (excluding diaryl/α,β-unsaturated/α-hetero) is 1. The maximum absolute atomic E-state index is 14.4. The minimum absolute atomic E-state index is 0.0133. The Balaban J connectivity index is 1.36. The molecule has 2 heterocycles. The van der Waals surface area contributed by atoms with E-state index in [1.807, 2.05) is 18.2 Å². The Morgan fingerprint density at radius 2 is 1.95 bits per heavy atom. The number of benzene rings is 2. The lowest BCUT2D eigenvalue weighted by molar-refractivity contribution is -0.140. The van der Waals surface area contributed by atoms with Gasteiger partial charge in [0.2, 0.25) is 11.8 Å². The molecule has 3 aromatic rings. The summed E-state index contributed by atoms with van der Waals surface area (Å²) in [4.78, 5) is 40.6. The van der Waals surface area contributed by atoms with Crippen molar-refractivity contribution in [2.24, 2.45) is 5.92 Å². The first-order valence-electron chi connectivity index (χ1n) is 13.3. The number of carbonyl (C=O) groups excluding carboxylic acids is 3. The van der Waals surface area contributed by atoms with Gasteiger partial charge in [-0.05, 0) is 63.1 Å². The molecule has 2 aromatic carbocycles. The number of aryl methyl sites for hydroxylation is 1. The van der Waals surface area contributed by atoms with Gasteiger partial charge in [-0.1, -0.05) is 24.1 Å². The molecular formula is C31H32FN3O4. The molecule has 39 heavy (non-hydrogen) atoms. The molecule has 5 rings (SSSR count). The fourth-order valence-corrected chi connectivity index (χ4v) is 5.22. The summed E-state index contributed by atoms with van der Waals surface area (Å²) in [5.74, 6) is 2.74. The number of carbonyl (C=O) groups is 3. The van der Waals surface area contributed by atoms with Crippen molar-refractivity contribution in [2.75, 3.05) is 6.61 Å².